The second-order valence-electron chi connectivity index (χ2n) is 3.75. The zero-order valence-corrected chi connectivity index (χ0v) is 8.76. The number of rotatable bonds is 6. The smallest absolute Gasteiger partial charge is 0.104 e. The highest BCUT2D eigenvalue weighted by atomic mass is 16.6. The Morgan fingerprint density at radius 1 is 1.47 bits per heavy atom. The molecule has 15 heavy (non-hydrogen) atoms. The van der Waals surface area contributed by atoms with Crippen molar-refractivity contribution in [2.24, 2.45) is 0 Å². The Balaban J connectivity index is 1.83. The minimum absolute atomic E-state index is 0.282. The molecule has 0 aliphatic carbocycles. The summed E-state index contributed by atoms with van der Waals surface area (Å²) in [6, 6.07) is 10.3. The maximum absolute atomic E-state index is 5.57. The van der Waals surface area contributed by atoms with E-state index in [4.69, 9.17) is 9.47 Å². The molecule has 0 spiro atoms. The fourth-order valence-electron chi connectivity index (χ4n) is 1.49. The summed E-state index contributed by atoms with van der Waals surface area (Å²) in [7, 11) is 0. The molecule has 2 unspecified atom stereocenters. The third kappa shape index (κ3) is 3.18. The van der Waals surface area contributed by atoms with Crippen LogP contribution in [0.4, 0.5) is 0 Å². The molecule has 0 bridgehead atoms. The first-order valence-corrected chi connectivity index (χ1v) is 5.27. The summed E-state index contributed by atoms with van der Waals surface area (Å²) in [6.07, 6.45) is 2.27. The Hall–Kier alpha value is -1.12. The topological polar surface area (TPSA) is 21.8 Å². The molecule has 1 aliphatic heterocycles. The molecule has 0 radical (unpaired) electrons. The molecule has 80 valence electrons. The average molecular weight is 204 g/mol. The fourth-order valence-corrected chi connectivity index (χ4v) is 1.49. The summed E-state index contributed by atoms with van der Waals surface area (Å²) in [5.74, 6) is 0.282. The highest BCUT2D eigenvalue weighted by molar-refractivity contribution is 5.23. The van der Waals surface area contributed by atoms with Crippen molar-refractivity contribution in [1.29, 1.82) is 0 Å². The standard InChI is InChI=1S/C13H16O2/c1-2-11(8-14-9-13-10-15-13)12-6-4-3-5-7-12/h2-7,11,13H,1,8-10H2. The molecule has 0 amide bonds. The molecule has 0 aromatic heterocycles. The first-order chi connectivity index (χ1) is 7.40. The molecule has 2 atom stereocenters. The number of epoxide rings is 1. The number of hydrogen-bond donors (Lipinski definition) is 0. The molecule has 0 saturated carbocycles. The molecule has 0 N–H and O–H groups in total. The lowest BCUT2D eigenvalue weighted by molar-refractivity contribution is 0.112. The van der Waals surface area contributed by atoms with Crippen molar-refractivity contribution in [3.63, 3.8) is 0 Å². The lowest BCUT2D eigenvalue weighted by Gasteiger charge is -2.12. The molecule has 1 fully saturated rings. The lowest BCUT2D eigenvalue weighted by atomic mass is 10.0. The van der Waals surface area contributed by atoms with E-state index in [2.05, 4.69) is 18.7 Å². The predicted molar refractivity (Wildman–Crippen MR) is 59.9 cm³/mol. The van der Waals surface area contributed by atoms with E-state index in [1.165, 1.54) is 5.56 Å². The Bertz CT molecular complexity index is 304. The van der Waals surface area contributed by atoms with Crippen LogP contribution in [0.3, 0.4) is 0 Å². The van der Waals surface area contributed by atoms with Gasteiger partial charge < -0.3 is 9.47 Å². The number of ether oxygens (including phenoxy) is 2. The van der Waals surface area contributed by atoms with Crippen molar-refractivity contribution in [3.8, 4) is 0 Å². The number of hydrogen-bond acceptors (Lipinski definition) is 2. The molecule has 1 saturated heterocycles. The molecular weight excluding hydrogens is 188 g/mol. The van der Waals surface area contributed by atoms with Crippen LogP contribution >= 0.6 is 0 Å². The van der Waals surface area contributed by atoms with E-state index in [1.54, 1.807) is 0 Å². The highest BCUT2D eigenvalue weighted by Gasteiger charge is 2.22. The summed E-state index contributed by atoms with van der Waals surface area (Å²) in [5, 5.41) is 0. The summed E-state index contributed by atoms with van der Waals surface area (Å²) in [6.45, 7) is 6.08. The zero-order valence-electron chi connectivity index (χ0n) is 8.76. The van der Waals surface area contributed by atoms with E-state index < -0.39 is 0 Å². The lowest BCUT2D eigenvalue weighted by Crippen LogP contribution is -2.09. The van der Waals surface area contributed by atoms with Crippen LogP contribution in [0.1, 0.15) is 11.5 Å². The second kappa shape index (κ2) is 5.10. The maximum Gasteiger partial charge on any atom is 0.104 e. The molecule has 1 aromatic rings. The molecule has 2 nitrogen and oxygen atoms in total. The molecule has 2 rings (SSSR count). The highest BCUT2D eigenvalue weighted by Crippen LogP contribution is 2.18. The van der Waals surface area contributed by atoms with Gasteiger partial charge in [0.2, 0.25) is 0 Å². The zero-order chi connectivity index (χ0) is 10.5. The van der Waals surface area contributed by atoms with Gasteiger partial charge in [0.15, 0.2) is 0 Å². The predicted octanol–water partition coefficient (Wildman–Crippen LogP) is 2.37. The summed E-state index contributed by atoms with van der Waals surface area (Å²) < 4.78 is 10.6. The molecule has 1 heterocycles. The molecular formula is C13H16O2. The third-order valence-corrected chi connectivity index (χ3v) is 2.52. The van der Waals surface area contributed by atoms with Gasteiger partial charge in [-0.15, -0.1) is 6.58 Å². The van der Waals surface area contributed by atoms with Gasteiger partial charge in [-0.1, -0.05) is 36.4 Å². The molecule has 2 heteroatoms. The Morgan fingerprint density at radius 3 is 2.80 bits per heavy atom. The quantitative estimate of drug-likeness (QED) is 0.524. The summed E-state index contributed by atoms with van der Waals surface area (Å²) in [4.78, 5) is 0. The van der Waals surface area contributed by atoms with Crippen LogP contribution in [0, 0.1) is 0 Å². The first kappa shape index (κ1) is 10.4. The van der Waals surface area contributed by atoms with E-state index in [-0.39, 0.29) is 5.92 Å². The number of benzene rings is 1. The minimum Gasteiger partial charge on any atom is -0.378 e. The van der Waals surface area contributed by atoms with Gasteiger partial charge in [0.25, 0.3) is 0 Å². The largest absolute Gasteiger partial charge is 0.378 e. The van der Waals surface area contributed by atoms with Crippen LogP contribution in [0.15, 0.2) is 43.0 Å². The van der Waals surface area contributed by atoms with Crippen molar-refractivity contribution in [3.05, 3.63) is 48.6 Å². The minimum atomic E-state index is 0.282. The average Bonchev–Trinajstić information content (AvgIpc) is 3.10. The van der Waals surface area contributed by atoms with Crippen LogP contribution in [0.25, 0.3) is 0 Å². The molecule has 1 aromatic carbocycles. The van der Waals surface area contributed by atoms with Gasteiger partial charge in [0.1, 0.15) is 6.10 Å². The van der Waals surface area contributed by atoms with Crippen molar-refractivity contribution in [1.82, 2.24) is 0 Å². The van der Waals surface area contributed by atoms with E-state index in [1.807, 2.05) is 24.3 Å². The first-order valence-electron chi connectivity index (χ1n) is 5.27. The van der Waals surface area contributed by atoms with Crippen molar-refractivity contribution in [2.75, 3.05) is 19.8 Å². The Kier molecular flexibility index (Phi) is 3.54. The van der Waals surface area contributed by atoms with Crippen molar-refractivity contribution < 1.29 is 9.47 Å². The fraction of sp³-hybridized carbons (Fsp3) is 0.385. The SMILES string of the molecule is C=CC(COCC1CO1)c1ccccc1. The van der Waals surface area contributed by atoms with Crippen molar-refractivity contribution in [2.45, 2.75) is 12.0 Å². The van der Waals surface area contributed by atoms with Gasteiger partial charge >= 0.3 is 0 Å². The van der Waals surface area contributed by atoms with Gasteiger partial charge in [0.05, 0.1) is 19.8 Å². The van der Waals surface area contributed by atoms with Crippen LogP contribution in [-0.2, 0) is 9.47 Å². The van der Waals surface area contributed by atoms with Crippen molar-refractivity contribution >= 4 is 0 Å². The van der Waals surface area contributed by atoms with Gasteiger partial charge in [0, 0.05) is 5.92 Å². The Labute approximate surface area is 90.5 Å². The van der Waals surface area contributed by atoms with Crippen LogP contribution in [0.2, 0.25) is 0 Å². The van der Waals surface area contributed by atoms with E-state index in [0.717, 1.165) is 6.61 Å². The van der Waals surface area contributed by atoms with E-state index >= 15 is 0 Å². The van der Waals surface area contributed by atoms with Gasteiger partial charge in [-0.3, -0.25) is 0 Å². The van der Waals surface area contributed by atoms with Crippen LogP contribution in [0.5, 0.6) is 0 Å². The van der Waals surface area contributed by atoms with Gasteiger partial charge in [-0.2, -0.15) is 0 Å². The normalized spacial score (nSPS) is 20.9. The third-order valence-electron chi connectivity index (χ3n) is 2.52. The second-order valence-corrected chi connectivity index (χ2v) is 3.75. The Morgan fingerprint density at radius 2 is 2.20 bits per heavy atom. The van der Waals surface area contributed by atoms with Crippen LogP contribution in [-0.4, -0.2) is 25.9 Å². The van der Waals surface area contributed by atoms with Gasteiger partial charge in [-0.05, 0) is 5.56 Å². The van der Waals surface area contributed by atoms with E-state index in [0.29, 0.717) is 19.3 Å². The van der Waals surface area contributed by atoms with Gasteiger partial charge in [-0.25, -0.2) is 0 Å². The molecule has 1 aliphatic rings. The summed E-state index contributed by atoms with van der Waals surface area (Å²) >= 11 is 0. The van der Waals surface area contributed by atoms with Crippen LogP contribution < -0.4 is 0 Å². The summed E-state index contributed by atoms with van der Waals surface area (Å²) in [5.41, 5.74) is 1.25. The van der Waals surface area contributed by atoms with E-state index in [9.17, 15) is 0 Å². The monoisotopic (exact) mass is 204 g/mol. The maximum atomic E-state index is 5.57.